The summed E-state index contributed by atoms with van der Waals surface area (Å²) in [6.45, 7) is 4.09. The topological polar surface area (TPSA) is 64.7 Å². The van der Waals surface area contributed by atoms with Gasteiger partial charge in [0.2, 0.25) is 5.91 Å². The van der Waals surface area contributed by atoms with E-state index in [-0.39, 0.29) is 24.5 Å². The highest BCUT2D eigenvalue weighted by atomic mass is 16.2. The zero-order valence-electron chi connectivity index (χ0n) is 10.5. The van der Waals surface area contributed by atoms with Gasteiger partial charge in [0.25, 0.3) is 0 Å². The lowest BCUT2D eigenvalue weighted by Gasteiger charge is -2.28. The SMILES string of the molecule is O=C(CN1CC2CNCCN2C1=O)NCC1CC1. The van der Waals surface area contributed by atoms with Gasteiger partial charge in [-0.05, 0) is 18.8 Å². The van der Waals surface area contributed by atoms with Crippen LogP contribution < -0.4 is 10.6 Å². The largest absolute Gasteiger partial charge is 0.354 e. The van der Waals surface area contributed by atoms with Crippen LogP contribution in [0.1, 0.15) is 12.8 Å². The quantitative estimate of drug-likeness (QED) is 0.690. The molecule has 18 heavy (non-hydrogen) atoms. The molecule has 2 saturated heterocycles. The minimum Gasteiger partial charge on any atom is -0.354 e. The molecule has 3 fully saturated rings. The summed E-state index contributed by atoms with van der Waals surface area (Å²) in [4.78, 5) is 27.4. The van der Waals surface area contributed by atoms with Crippen LogP contribution in [0, 0.1) is 5.92 Å². The van der Waals surface area contributed by atoms with E-state index in [2.05, 4.69) is 10.6 Å². The normalized spacial score (nSPS) is 27.3. The number of rotatable bonds is 4. The zero-order valence-corrected chi connectivity index (χ0v) is 10.5. The van der Waals surface area contributed by atoms with Crippen LogP contribution in [0.5, 0.6) is 0 Å². The molecular formula is C12H20N4O2. The van der Waals surface area contributed by atoms with Crippen LogP contribution in [0.25, 0.3) is 0 Å². The fourth-order valence-corrected chi connectivity index (χ4v) is 2.63. The predicted molar refractivity (Wildman–Crippen MR) is 66.1 cm³/mol. The summed E-state index contributed by atoms with van der Waals surface area (Å²) < 4.78 is 0. The van der Waals surface area contributed by atoms with Crippen LogP contribution in [0.3, 0.4) is 0 Å². The minimum atomic E-state index is -0.0249. The number of nitrogens with one attached hydrogen (secondary N) is 2. The lowest BCUT2D eigenvalue weighted by molar-refractivity contribution is -0.121. The van der Waals surface area contributed by atoms with Crippen molar-refractivity contribution in [3.05, 3.63) is 0 Å². The molecule has 1 atom stereocenters. The van der Waals surface area contributed by atoms with E-state index < -0.39 is 0 Å². The first-order valence-electron chi connectivity index (χ1n) is 6.77. The number of fused-ring (bicyclic) bond motifs is 1. The van der Waals surface area contributed by atoms with Crippen molar-refractivity contribution in [3.8, 4) is 0 Å². The molecule has 0 spiro atoms. The summed E-state index contributed by atoms with van der Waals surface area (Å²) in [7, 11) is 0. The van der Waals surface area contributed by atoms with Crippen molar-refractivity contribution in [2.45, 2.75) is 18.9 Å². The Labute approximate surface area is 107 Å². The molecule has 1 unspecified atom stereocenters. The third-order valence-electron chi connectivity index (χ3n) is 3.92. The maximum Gasteiger partial charge on any atom is 0.320 e. The Hall–Kier alpha value is -1.30. The van der Waals surface area contributed by atoms with E-state index in [0.29, 0.717) is 12.5 Å². The van der Waals surface area contributed by atoms with Crippen molar-refractivity contribution >= 4 is 11.9 Å². The Balaban J connectivity index is 1.49. The highest BCUT2D eigenvalue weighted by molar-refractivity contribution is 5.85. The summed E-state index contributed by atoms with van der Waals surface area (Å²) in [5, 5.41) is 6.18. The predicted octanol–water partition coefficient (Wildman–Crippen LogP) is -0.778. The van der Waals surface area contributed by atoms with Gasteiger partial charge in [-0.2, -0.15) is 0 Å². The van der Waals surface area contributed by atoms with Crippen LogP contribution in [0.15, 0.2) is 0 Å². The number of amides is 3. The molecule has 3 aliphatic rings. The van der Waals surface area contributed by atoms with Gasteiger partial charge in [-0.25, -0.2) is 4.79 Å². The fourth-order valence-electron chi connectivity index (χ4n) is 2.63. The van der Waals surface area contributed by atoms with Crippen molar-refractivity contribution in [3.63, 3.8) is 0 Å². The Morgan fingerprint density at radius 1 is 1.44 bits per heavy atom. The van der Waals surface area contributed by atoms with Gasteiger partial charge < -0.3 is 20.4 Å². The number of hydrogen-bond acceptors (Lipinski definition) is 3. The lowest BCUT2D eigenvalue weighted by Crippen LogP contribution is -2.50. The Bertz CT molecular complexity index is 356. The third-order valence-corrected chi connectivity index (χ3v) is 3.92. The average molecular weight is 252 g/mol. The maximum atomic E-state index is 12.1. The second-order valence-corrected chi connectivity index (χ2v) is 5.46. The summed E-state index contributed by atoms with van der Waals surface area (Å²) in [6.07, 6.45) is 2.45. The summed E-state index contributed by atoms with van der Waals surface area (Å²) in [5.74, 6) is 0.654. The average Bonchev–Trinajstić information content (AvgIpc) is 3.15. The molecule has 0 aromatic carbocycles. The summed E-state index contributed by atoms with van der Waals surface area (Å²) >= 11 is 0. The van der Waals surface area contributed by atoms with E-state index in [9.17, 15) is 9.59 Å². The smallest absolute Gasteiger partial charge is 0.320 e. The Morgan fingerprint density at radius 3 is 3.00 bits per heavy atom. The molecule has 100 valence electrons. The van der Waals surface area contributed by atoms with Crippen LogP contribution in [-0.4, -0.2) is 67.0 Å². The molecule has 2 N–H and O–H groups in total. The lowest BCUT2D eigenvalue weighted by atomic mass is 10.2. The van der Waals surface area contributed by atoms with Crippen molar-refractivity contribution in [2.24, 2.45) is 5.92 Å². The molecule has 2 aliphatic heterocycles. The molecule has 3 amide bonds. The third kappa shape index (κ3) is 2.43. The van der Waals surface area contributed by atoms with E-state index >= 15 is 0 Å². The minimum absolute atomic E-state index is 0.0167. The van der Waals surface area contributed by atoms with Gasteiger partial charge >= 0.3 is 6.03 Å². The molecule has 6 heteroatoms. The van der Waals surface area contributed by atoms with Gasteiger partial charge in [0.05, 0.1) is 6.04 Å². The first-order chi connectivity index (χ1) is 8.74. The number of urea groups is 1. The van der Waals surface area contributed by atoms with Crippen LogP contribution in [0.2, 0.25) is 0 Å². The second-order valence-electron chi connectivity index (χ2n) is 5.46. The first-order valence-corrected chi connectivity index (χ1v) is 6.77. The molecular weight excluding hydrogens is 232 g/mol. The molecule has 0 bridgehead atoms. The van der Waals surface area contributed by atoms with E-state index in [1.807, 2.05) is 4.90 Å². The fraction of sp³-hybridized carbons (Fsp3) is 0.833. The van der Waals surface area contributed by atoms with Crippen LogP contribution in [-0.2, 0) is 4.79 Å². The van der Waals surface area contributed by atoms with Crippen LogP contribution >= 0.6 is 0 Å². The highest BCUT2D eigenvalue weighted by Gasteiger charge is 2.39. The van der Waals surface area contributed by atoms with Gasteiger partial charge in [-0.1, -0.05) is 0 Å². The second kappa shape index (κ2) is 4.76. The molecule has 1 aliphatic carbocycles. The van der Waals surface area contributed by atoms with Crippen LogP contribution in [0.4, 0.5) is 4.79 Å². The molecule has 3 rings (SSSR count). The standard InChI is InChI=1S/C12H20N4O2/c17-11(14-5-9-1-2-9)8-15-7-10-6-13-3-4-16(10)12(15)18/h9-10,13H,1-8H2,(H,14,17). The van der Waals surface area contributed by atoms with E-state index in [4.69, 9.17) is 0 Å². The molecule has 0 aromatic rings. The maximum absolute atomic E-state index is 12.1. The van der Waals surface area contributed by atoms with E-state index in [1.165, 1.54) is 12.8 Å². The monoisotopic (exact) mass is 252 g/mol. The van der Waals surface area contributed by atoms with Gasteiger partial charge in [0, 0.05) is 32.7 Å². The highest BCUT2D eigenvalue weighted by Crippen LogP contribution is 2.27. The van der Waals surface area contributed by atoms with E-state index in [0.717, 1.165) is 26.2 Å². The van der Waals surface area contributed by atoms with Gasteiger partial charge in [0.15, 0.2) is 0 Å². The van der Waals surface area contributed by atoms with Crippen molar-refractivity contribution in [1.29, 1.82) is 0 Å². The Morgan fingerprint density at radius 2 is 2.28 bits per heavy atom. The van der Waals surface area contributed by atoms with Gasteiger partial charge in [0.1, 0.15) is 6.54 Å². The molecule has 2 heterocycles. The number of piperazine rings is 1. The van der Waals surface area contributed by atoms with Gasteiger partial charge in [-0.15, -0.1) is 0 Å². The first kappa shape index (κ1) is 11.8. The molecule has 1 saturated carbocycles. The number of nitrogens with zero attached hydrogens (tertiary/aromatic N) is 2. The van der Waals surface area contributed by atoms with E-state index in [1.54, 1.807) is 4.90 Å². The Kier molecular flexibility index (Phi) is 3.11. The molecule has 0 aromatic heterocycles. The van der Waals surface area contributed by atoms with Crippen molar-refractivity contribution in [2.75, 3.05) is 39.3 Å². The number of carbonyl (C=O) groups excluding carboxylic acids is 2. The zero-order chi connectivity index (χ0) is 12.5. The molecule has 6 nitrogen and oxygen atoms in total. The van der Waals surface area contributed by atoms with Crippen molar-refractivity contribution < 1.29 is 9.59 Å². The van der Waals surface area contributed by atoms with Gasteiger partial charge in [-0.3, -0.25) is 4.79 Å². The van der Waals surface area contributed by atoms with Crippen molar-refractivity contribution in [1.82, 2.24) is 20.4 Å². The number of carbonyl (C=O) groups is 2. The molecule has 0 radical (unpaired) electrons. The summed E-state index contributed by atoms with van der Waals surface area (Å²) in [6, 6.07) is 0.255. The number of hydrogen-bond donors (Lipinski definition) is 2. The summed E-state index contributed by atoms with van der Waals surface area (Å²) in [5.41, 5.74) is 0.